The van der Waals surface area contributed by atoms with Gasteiger partial charge in [0.25, 0.3) is 0 Å². The number of hydrogen-bond donors (Lipinski definition) is 0. The molecule has 19 rings (SSSR count). The highest BCUT2D eigenvalue weighted by Gasteiger charge is 2.46. The smallest absolute Gasteiger partial charge is 0.0701 e. The molecule has 0 N–H and O–H groups in total. The van der Waals surface area contributed by atoms with Crippen LogP contribution in [0.1, 0.15) is 203 Å². The third-order valence-electron chi connectivity index (χ3n) is 28.0. The Bertz CT molecular complexity index is 6240. The molecule has 0 aliphatic heterocycles. The number of hydrogen-bond acceptors (Lipinski definition) is 1. The van der Waals surface area contributed by atoms with E-state index in [2.05, 4.69) is 365 Å². The number of aromatic nitrogens is 1. The van der Waals surface area contributed by atoms with Gasteiger partial charge in [-0.05, 0) is 289 Å². The van der Waals surface area contributed by atoms with Gasteiger partial charge in [0.2, 0.25) is 0 Å². The number of benzene rings is 14. The molecule has 4 aliphatic carbocycles. The summed E-state index contributed by atoms with van der Waals surface area (Å²) >= 11 is 0. The fourth-order valence-corrected chi connectivity index (χ4v) is 23.3. The zero-order valence-corrected chi connectivity index (χ0v) is 70.4. The Morgan fingerprint density at radius 1 is 0.169 bits per heavy atom. The highest BCUT2D eigenvalue weighted by atomic mass is 14.7. The minimum atomic E-state index is -0.0508. The maximum atomic E-state index is 4.90. The van der Waals surface area contributed by atoms with E-state index in [9.17, 15) is 0 Å². The normalized spacial score (nSPS) is 14.2. The van der Waals surface area contributed by atoms with E-state index < -0.39 is 0 Å². The van der Waals surface area contributed by atoms with Crippen LogP contribution >= 0.6 is 0 Å². The van der Waals surface area contributed by atoms with Crippen LogP contribution in [-0.4, -0.2) is 4.98 Å². The minimum Gasteiger partial charge on any atom is -0.256 e. The summed E-state index contributed by atoms with van der Waals surface area (Å²) < 4.78 is 0. The van der Waals surface area contributed by atoms with Gasteiger partial charge in [0, 0.05) is 33.4 Å². The van der Waals surface area contributed by atoms with Gasteiger partial charge in [-0.2, -0.15) is 0 Å². The molecule has 0 spiro atoms. The van der Waals surface area contributed by atoms with Crippen molar-refractivity contribution in [1.82, 2.24) is 4.98 Å². The summed E-state index contributed by atoms with van der Waals surface area (Å²) in [5, 5.41) is 0. The van der Waals surface area contributed by atoms with Gasteiger partial charge in [-0.3, -0.25) is 4.98 Å². The molecule has 1 heteroatoms. The van der Waals surface area contributed by atoms with E-state index in [-0.39, 0.29) is 21.7 Å². The van der Waals surface area contributed by atoms with Gasteiger partial charge in [0.1, 0.15) is 0 Å². The molecule has 0 bridgehead atoms. The van der Waals surface area contributed by atoms with E-state index in [1.807, 2.05) is 12.3 Å². The van der Waals surface area contributed by atoms with E-state index in [1.165, 1.54) is 172 Å². The van der Waals surface area contributed by atoms with E-state index in [1.54, 1.807) is 0 Å². The largest absolute Gasteiger partial charge is 0.256 e. The molecule has 1 aromatic heterocycles. The van der Waals surface area contributed by atoms with Crippen molar-refractivity contribution in [2.75, 3.05) is 0 Å². The Morgan fingerprint density at radius 3 is 0.754 bits per heavy atom. The number of nitrogens with zero attached hydrogens (tertiary/aromatic N) is 1. The molecule has 0 fully saturated rings. The fourth-order valence-electron chi connectivity index (χ4n) is 23.3. The van der Waals surface area contributed by atoms with Crippen LogP contribution in [0.15, 0.2) is 322 Å². The second-order valence-corrected chi connectivity index (χ2v) is 34.8. The topological polar surface area (TPSA) is 12.9 Å². The standard InChI is InChI=1S/C117H109N/c1-9-63-114(64-10-2)102-34-21-17-30-92(102)96-59-55-87(73-106(96)114)78-39-49-83(50-40-78)111-100(81-45-47-82(48-46-81)110-38-25-26-71-118-110)77-101(91-29-27-28-86(72-91)90-58-62-99-95-33-20-24-37-105(95)117(69-15-7,70-16-8)109(99)76-90)112(84-51-41-79(42-52-84)88-56-60-97-93-31-18-22-35-103(93)115(65-11-3,66-12-4)107(97)74-88)113(111)85-53-43-80(44-54-85)89-57-61-98-94-32-19-23-36-104(94)116(67-13-5,68-14-6)108(98)75-89/h17-62,71-77H,9-16,63-70H2,1-8H3. The average molecular weight is 1530 g/mol. The Morgan fingerprint density at radius 2 is 0.424 bits per heavy atom. The number of rotatable bonds is 26. The lowest BCUT2D eigenvalue weighted by atomic mass is 9.71. The van der Waals surface area contributed by atoms with Gasteiger partial charge in [-0.1, -0.05) is 374 Å². The first-order valence-corrected chi connectivity index (χ1v) is 44.7. The van der Waals surface area contributed by atoms with Crippen LogP contribution in [0.25, 0.3) is 156 Å². The second kappa shape index (κ2) is 31.6. The zero-order chi connectivity index (χ0) is 80.3. The Hall–Kier alpha value is -11.8. The van der Waals surface area contributed by atoms with Crippen molar-refractivity contribution in [1.29, 1.82) is 0 Å². The number of pyridine rings is 1. The molecule has 0 atom stereocenters. The van der Waals surface area contributed by atoms with Crippen molar-refractivity contribution in [3.05, 3.63) is 366 Å². The molecule has 118 heavy (non-hydrogen) atoms. The van der Waals surface area contributed by atoms with Crippen molar-refractivity contribution in [2.45, 2.75) is 180 Å². The lowest BCUT2D eigenvalue weighted by molar-refractivity contribution is 0.436. The van der Waals surface area contributed by atoms with Gasteiger partial charge >= 0.3 is 0 Å². The van der Waals surface area contributed by atoms with Crippen LogP contribution in [0, 0.1) is 0 Å². The quantitative estimate of drug-likeness (QED) is 0.0527. The molecule has 0 unspecified atom stereocenters. The zero-order valence-electron chi connectivity index (χ0n) is 70.4. The van der Waals surface area contributed by atoms with Crippen LogP contribution < -0.4 is 0 Å². The minimum absolute atomic E-state index is 0.0282. The van der Waals surface area contributed by atoms with Crippen molar-refractivity contribution in [2.24, 2.45) is 0 Å². The molecule has 15 aromatic rings. The van der Waals surface area contributed by atoms with Gasteiger partial charge in [-0.15, -0.1) is 0 Å². The second-order valence-electron chi connectivity index (χ2n) is 34.8. The summed E-state index contributed by atoms with van der Waals surface area (Å²) in [5.41, 5.74) is 46.5. The van der Waals surface area contributed by atoms with Crippen LogP contribution in [0.2, 0.25) is 0 Å². The molecule has 1 nitrogen and oxygen atoms in total. The SMILES string of the molecule is CCCC1(CCC)c2ccccc2-c2ccc(-c3ccc(-c4c(-c5ccc(-c6ccccn6)cc5)cc(-c5cccc(-c6ccc7c(c6)C(CCC)(CCC)c6ccccc6-7)c5)c(-c5ccc(-c6ccc7c(c6)C(CCC)(CCC)c6ccccc6-7)cc5)c4-c4ccc(-c5ccc6c(c5)C(CCC)(CCC)c5ccccc5-6)cc4)cc3)cc21. The van der Waals surface area contributed by atoms with Crippen LogP contribution in [0.4, 0.5) is 0 Å². The molecule has 0 saturated carbocycles. The lowest BCUT2D eigenvalue weighted by Gasteiger charge is -2.32. The Labute approximate surface area is 702 Å². The predicted octanol–water partition coefficient (Wildman–Crippen LogP) is 33.2. The Kier molecular flexibility index (Phi) is 20.4. The molecule has 0 amide bonds. The highest BCUT2D eigenvalue weighted by Crippen LogP contribution is 2.61. The van der Waals surface area contributed by atoms with Crippen molar-refractivity contribution >= 4 is 0 Å². The van der Waals surface area contributed by atoms with Crippen molar-refractivity contribution in [3.63, 3.8) is 0 Å². The number of fused-ring (bicyclic) bond motifs is 12. The first-order chi connectivity index (χ1) is 58.1. The molecule has 0 saturated heterocycles. The van der Waals surface area contributed by atoms with Crippen LogP contribution in [-0.2, 0) is 21.7 Å². The Balaban J connectivity index is 0.857. The molecular formula is C117H109N. The highest BCUT2D eigenvalue weighted by molar-refractivity contribution is 6.08. The van der Waals surface area contributed by atoms with Gasteiger partial charge in [0.15, 0.2) is 0 Å². The predicted molar refractivity (Wildman–Crippen MR) is 503 cm³/mol. The van der Waals surface area contributed by atoms with E-state index >= 15 is 0 Å². The fraction of sp³-hybridized carbons (Fsp3) is 0.239. The van der Waals surface area contributed by atoms with Gasteiger partial charge in [0.05, 0.1) is 5.69 Å². The third kappa shape index (κ3) is 12.5. The summed E-state index contributed by atoms with van der Waals surface area (Å²) in [7, 11) is 0. The first kappa shape index (κ1) is 76.2. The van der Waals surface area contributed by atoms with Crippen molar-refractivity contribution in [3.8, 4) is 156 Å². The molecule has 14 aromatic carbocycles. The summed E-state index contributed by atoms with van der Waals surface area (Å²) in [6.07, 6.45) is 19.8. The summed E-state index contributed by atoms with van der Waals surface area (Å²) in [6.45, 7) is 19.0. The molecule has 1 heterocycles. The molecular weight excluding hydrogens is 1420 g/mol. The average Bonchev–Trinajstić information content (AvgIpc) is 1.50. The molecule has 0 radical (unpaired) electrons. The van der Waals surface area contributed by atoms with Crippen molar-refractivity contribution < 1.29 is 0 Å². The maximum absolute atomic E-state index is 4.90. The molecule has 582 valence electrons. The van der Waals surface area contributed by atoms with E-state index in [4.69, 9.17) is 4.98 Å². The monoisotopic (exact) mass is 1530 g/mol. The van der Waals surface area contributed by atoms with E-state index in [0.717, 1.165) is 131 Å². The van der Waals surface area contributed by atoms with Gasteiger partial charge < -0.3 is 0 Å². The van der Waals surface area contributed by atoms with Crippen LogP contribution in [0.5, 0.6) is 0 Å². The van der Waals surface area contributed by atoms with Crippen LogP contribution in [0.3, 0.4) is 0 Å². The third-order valence-corrected chi connectivity index (χ3v) is 28.0. The summed E-state index contributed by atoms with van der Waals surface area (Å²) in [5.74, 6) is 0. The maximum Gasteiger partial charge on any atom is 0.0701 e. The van der Waals surface area contributed by atoms with E-state index in [0.29, 0.717) is 0 Å². The summed E-state index contributed by atoms with van der Waals surface area (Å²) in [4.78, 5) is 4.90. The summed E-state index contributed by atoms with van der Waals surface area (Å²) in [6, 6.07) is 124. The van der Waals surface area contributed by atoms with Gasteiger partial charge in [-0.25, -0.2) is 0 Å². The lowest BCUT2D eigenvalue weighted by Crippen LogP contribution is -2.25. The molecule has 4 aliphatic rings. The first-order valence-electron chi connectivity index (χ1n) is 44.7.